The quantitative estimate of drug-likeness (QED) is 0.583. The molecule has 0 aromatic carbocycles. The number of Topliss-reactive ketones (excluding diaryl/α,β-unsaturated/α-hetero) is 2. The van der Waals surface area contributed by atoms with E-state index in [1.165, 1.54) is 0 Å². The lowest BCUT2D eigenvalue weighted by molar-refractivity contribution is -0.137. The minimum absolute atomic E-state index is 0.0938. The van der Waals surface area contributed by atoms with Gasteiger partial charge in [-0.15, -0.1) is 0 Å². The largest absolute Gasteiger partial charge is 0.299 e. The summed E-state index contributed by atoms with van der Waals surface area (Å²) in [6.45, 7) is 7.56. The fraction of sp³-hybridized carbons (Fsp3) is 0.818. The summed E-state index contributed by atoms with van der Waals surface area (Å²) in [6, 6.07) is 0. The molecule has 0 amide bonds. The molecule has 0 unspecified atom stereocenters. The average molecular weight is 182 g/mol. The summed E-state index contributed by atoms with van der Waals surface area (Å²) in [4.78, 5) is 23.4. The normalized spacial score (nSPS) is 29.4. The topological polar surface area (TPSA) is 34.1 Å². The van der Waals surface area contributed by atoms with Gasteiger partial charge in [0.05, 0.1) is 5.92 Å². The van der Waals surface area contributed by atoms with Crippen LogP contribution in [0.2, 0.25) is 0 Å². The number of hydrogen-bond acceptors (Lipinski definition) is 2. The Balaban J connectivity index is 2.75. The molecule has 0 heterocycles. The van der Waals surface area contributed by atoms with Gasteiger partial charge in [0.15, 0.2) is 0 Å². The first-order valence-electron chi connectivity index (χ1n) is 4.92. The van der Waals surface area contributed by atoms with Crippen LogP contribution in [0.3, 0.4) is 0 Å². The van der Waals surface area contributed by atoms with Gasteiger partial charge < -0.3 is 0 Å². The van der Waals surface area contributed by atoms with Gasteiger partial charge in [-0.25, -0.2) is 0 Å². The zero-order valence-corrected chi connectivity index (χ0v) is 8.89. The average Bonchev–Trinajstić information content (AvgIpc) is 2.30. The van der Waals surface area contributed by atoms with Crippen molar-refractivity contribution in [1.29, 1.82) is 0 Å². The van der Waals surface area contributed by atoms with Gasteiger partial charge in [0.2, 0.25) is 0 Å². The van der Waals surface area contributed by atoms with E-state index in [9.17, 15) is 9.59 Å². The summed E-state index contributed by atoms with van der Waals surface area (Å²) in [5.74, 6) is 0.0491. The van der Waals surface area contributed by atoms with Crippen LogP contribution in [0.25, 0.3) is 0 Å². The summed E-state index contributed by atoms with van der Waals surface area (Å²) in [7, 11) is 0. The lowest BCUT2D eigenvalue weighted by Gasteiger charge is -2.20. The summed E-state index contributed by atoms with van der Waals surface area (Å²) < 4.78 is 0. The summed E-state index contributed by atoms with van der Waals surface area (Å²) >= 11 is 0. The first kappa shape index (κ1) is 10.4. The maximum atomic E-state index is 11.8. The van der Waals surface area contributed by atoms with Crippen LogP contribution < -0.4 is 0 Å². The fourth-order valence-electron chi connectivity index (χ4n) is 1.83. The molecule has 13 heavy (non-hydrogen) atoms. The fourth-order valence-corrected chi connectivity index (χ4v) is 1.83. The van der Waals surface area contributed by atoms with Gasteiger partial charge in [-0.3, -0.25) is 9.59 Å². The van der Waals surface area contributed by atoms with Crippen LogP contribution in [-0.2, 0) is 9.59 Å². The van der Waals surface area contributed by atoms with E-state index in [-0.39, 0.29) is 28.8 Å². The Bertz CT molecular complexity index is 235. The van der Waals surface area contributed by atoms with Gasteiger partial charge in [0.1, 0.15) is 11.6 Å². The third kappa shape index (κ3) is 1.98. The molecule has 1 rings (SSSR count). The highest BCUT2D eigenvalue weighted by molar-refractivity contribution is 6.06. The molecule has 1 saturated carbocycles. The summed E-state index contributed by atoms with van der Waals surface area (Å²) in [5.41, 5.74) is -0.371. The zero-order chi connectivity index (χ0) is 10.2. The molecule has 1 aliphatic carbocycles. The van der Waals surface area contributed by atoms with Crippen molar-refractivity contribution in [3.05, 3.63) is 0 Å². The molecular weight excluding hydrogens is 164 g/mol. The Morgan fingerprint density at radius 3 is 2.15 bits per heavy atom. The van der Waals surface area contributed by atoms with E-state index in [0.717, 1.165) is 12.8 Å². The van der Waals surface area contributed by atoms with E-state index in [2.05, 4.69) is 0 Å². The molecule has 0 aromatic rings. The van der Waals surface area contributed by atoms with Crippen LogP contribution in [0.15, 0.2) is 0 Å². The van der Waals surface area contributed by atoms with Crippen molar-refractivity contribution in [2.75, 3.05) is 0 Å². The number of carbonyl (C=O) groups is 2. The van der Waals surface area contributed by atoms with Crippen molar-refractivity contribution < 1.29 is 9.59 Å². The van der Waals surface area contributed by atoms with Gasteiger partial charge in [0, 0.05) is 11.3 Å². The minimum Gasteiger partial charge on any atom is -0.299 e. The second kappa shape index (κ2) is 3.24. The monoisotopic (exact) mass is 182 g/mol. The van der Waals surface area contributed by atoms with E-state index >= 15 is 0 Å². The van der Waals surface area contributed by atoms with Crippen molar-refractivity contribution in [2.45, 2.75) is 40.5 Å². The van der Waals surface area contributed by atoms with E-state index in [1.54, 1.807) is 0 Å². The van der Waals surface area contributed by atoms with Gasteiger partial charge in [-0.1, -0.05) is 27.7 Å². The first-order chi connectivity index (χ1) is 5.84. The van der Waals surface area contributed by atoms with E-state index in [4.69, 9.17) is 0 Å². The van der Waals surface area contributed by atoms with Gasteiger partial charge in [-0.05, 0) is 12.8 Å². The third-order valence-corrected chi connectivity index (χ3v) is 2.77. The molecule has 2 atom stereocenters. The molecule has 0 N–H and O–H groups in total. The maximum absolute atomic E-state index is 11.8. The van der Waals surface area contributed by atoms with Gasteiger partial charge in [0.25, 0.3) is 0 Å². The Labute approximate surface area is 79.7 Å². The molecule has 2 nitrogen and oxygen atoms in total. The van der Waals surface area contributed by atoms with Crippen LogP contribution in [-0.4, -0.2) is 11.6 Å². The predicted molar refractivity (Wildman–Crippen MR) is 51.4 cm³/mol. The molecule has 0 aromatic heterocycles. The lowest BCUT2D eigenvalue weighted by atomic mass is 9.81. The zero-order valence-electron chi connectivity index (χ0n) is 8.89. The molecule has 2 heteroatoms. The highest BCUT2D eigenvalue weighted by Gasteiger charge is 2.40. The number of ketones is 2. The van der Waals surface area contributed by atoms with Crippen molar-refractivity contribution >= 4 is 11.6 Å². The summed E-state index contributed by atoms with van der Waals surface area (Å²) in [5, 5.41) is 0. The van der Waals surface area contributed by atoms with Crippen LogP contribution in [0.4, 0.5) is 0 Å². The molecule has 0 spiro atoms. The maximum Gasteiger partial charge on any atom is 0.148 e. The molecule has 1 fully saturated rings. The Morgan fingerprint density at radius 1 is 1.31 bits per heavy atom. The van der Waals surface area contributed by atoms with Gasteiger partial charge >= 0.3 is 0 Å². The van der Waals surface area contributed by atoms with Crippen molar-refractivity contribution in [3.8, 4) is 0 Å². The van der Waals surface area contributed by atoms with Crippen LogP contribution in [0, 0.1) is 17.3 Å². The van der Waals surface area contributed by atoms with Crippen LogP contribution in [0.1, 0.15) is 40.5 Å². The first-order valence-corrected chi connectivity index (χ1v) is 4.92. The molecule has 0 aliphatic heterocycles. The highest BCUT2D eigenvalue weighted by atomic mass is 16.2. The Hall–Kier alpha value is -0.660. The number of carbonyl (C=O) groups excluding carboxylic acids is 2. The molecular formula is C11H18O2. The van der Waals surface area contributed by atoms with Crippen LogP contribution >= 0.6 is 0 Å². The highest BCUT2D eigenvalue weighted by Crippen LogP contribution is 2.32. The standard InChI is InChI=1S/C11H18O2/c1-7-5-6-8(9(7)12)10(13)11(2,3)4/h7-8H,5-6H2,1-4H3/t7-,8+/m1/s1. The van der Waals surface area contributed by atoms with Crippen molar-refractivity contribution in [1.82, 2.24) is 0 Å². The SMILES string of the molecule is C[C@@H]1CC[C@H](C(=O)C(C)(C)C)C1=O. The summed E-state index contributed by atoms with van der Waals surface area (Å²) in [6.07, 6.45) is 1.64. The molecule has 74 valence electrons. The van der Waals surface area contributed by atoms with Gasteiger partial charge in [-0.2, -0.15) is 0 Å². The van der Waals surface area contributed by atoms with Crippen molar-refractivity contribution in [2.24, 2.45) is 17.3 Å². The molecule has 0 saturated heterocycles. The second-order valence-corrected chi connectivity index (χ2v) is 5.05. The minimum atomic E-state index is -0.371. The predicted octanol–water partition coefficient (Wildman–Crippen LogP) is 2.22. The van der Waals surface area contributed by atoms with Crippen molar-refractivity contribution in [3.63, 3.8) is 0 Å². The molecule has 0 radical (unpaired) electrons. The number of rotatable bonds is 1. The molecule has 0 bridgehead atoms. The Morgan fingerprint density at radius 2 is 1.85 bits per heavy atom. The lowest BCUT2D eigenvalue weighted by Crippen LogP contribution is -2.31. The number of hydrogen-bond donors (Lipinski definition) is 0. The Kier molecular flexibility index (Phi) is 2.60. The van der Waals surface area contributed by atoms with Crippen LogP contribution in [0.5, 0.6) is 0 Å². The van der Waals surface area contributed by atoms with E-state index in [0.29, 0.717) is 0 Å². The van der Waals surface area contributed by atoms with E-state index < -0.39 is 0 Å². The second-order valence-electron chi connectivity index (χ2n) is 5.05. The van der Waals surface area contributed by atoms with E-state index in [1.807, 2.05) is 27.7 Å². The third-order valence-electron chi connectivity index (χ3n) is 2.77. The molecule has 1 aliphatic rings. The smallest absolute Gasteiger partial charge is 0.148 e.